The Morgan fingerprint density at radius 3 is 2.52 bits per heavy atom. The highest BCUT2D eigenvalue weighted by Crippen LogP contribution is 2.64. The fourth-order valence-corrected chi connectivity index (χ4v) is 5.94. The van der Waals surface area contributed by atoms with E-state index in [1.54, 1.807) is 0 Å². The van der Waals surface area contributed by atoms with E-state index in [4.69, 9.17) is 8.60 Å². The van der Waals surface area contributed by atoms with Crippen LogP contribution in [0.3, 0.4) is 0 Å². The summed E-state index contributed by atoms with van der Waals surface area (Å²) in [6, 6.07) is 2.33. The lowest BCUT2D eigenvalue weighted by Gasteiger charge is -2.35. The number of Topliss-reactive ketones (excluding diaryl/α,β-unsaturated/α-hetero) is 1. The average molecular weight is 340 g/mol. The van der Waals surface area contributed by atoms with Gasteiger partial charge in [-0.3, -0.25) is 4.79 Å². The Labute approximate surface area is 135 Å². The summed E-state index contributed by atoms with van der Waals surface area (Å²) in [4.78, 5) is 23.8. The molecule has 0 saturated heterocycles. The van der Waals surface area contributed by atoms with Crippen LogP contribution in [-0.2, 0) is 14.9 Å². The molecule has 2 aliphatic rings. The molecule has 7 heteroatoms. The minimum absolute atomic E-state index is 0.00896. The van der Waals surface area contributed by atoms with Gasteiger partial charge in [-0.15, -0.1) is 0 Å². The van der Waals surface area contributed by atoms with Gasteiger partial charge in [-0.05, 0) is 31.1 Å². The van der Waals surface area contributed by atoms with Crippen LogP contribution >= 0.6 is 0 Å². The third kappa shape index (κ3) is 2.51. The molecule has 0 spiro atoms. The van der Waals surface area contributed by atoms with Crippen molar-refractivity contribution in [2.45, 2.75) is 40.0 Å². The van der Waals surface area contributed by atoms with Crippen molar-refractivity contribution in [2.75, 3.05) is 5.75 Å². The number of rotatable bonds is 4. The fourth-order valence-electron chi connectivity index (χ4n) is 4.21. The first-order valence-corrected chi connectivity index (χ1v) is 9.21. The van der Waals surface area contributed by atoms with Gasteiger partial charge < -0.3 is 8.60 Å². The molecule has 126 valence electrons. The Bertz CT molecular complexity index is 819. The normalized spacial score (nSPS) is 29.0. The zero-order valence-electron chi connectivity index (χ0n) is 13.4. The number of aryl methyl sites for hydroxylation is 1. The minimum Gasteiger partial charge on any atom is -0.428 e. The second kappa shape index (κ2) is 4.93. The van der Waals surface area contributed by atoms with Gasteiger partial charge in [-0.1, -0.05) is 13.8 Å². The van der Waals surface area contributed by atoms with Crippen LogP contribution in [-0.4, -0.2) is 20.0 Å². The van der Waals surface area contributed by atoms with Gasteiger partial charge >= 0.3 is 15.7 Å². The standard InChI is InChI=1S/C16H20O6S/c1-10-6-12(8-14(18)21-10)22-23(19,20)9-16-5-4-11(7-13(16)17)15(16,2)3/h6,8,11H,4-5,7,9H2,1-3H3. The first-order chi connectivity index (χ1) is 10.6. The molecule has 1 heterocycles. The van der Waals surface area contributed by atoms with Crippen LogP contribution in [0.4, 0.5) is 0 Å². The van der Waals surface area contributed by atoms with Gasteiger partial charge in [-0.25, -0.2) is 4.79 Å². The minimum atomic E-state index is -4.00. The van der Waals surface area contributed by atoms with Crippen LogP contribution in [0.25, 0.3) is 0 Å². The van der Waals surface area contributed by atoms with Gasteiger partial charge in [-0.2, -0.15) is 8.42 Å². The van der Waals surface area contributed by atoms with Crippen molar-refractivity contribution >= 4 is 15.9 Å². The third-order valence-corrected chi connectivity index (χ3v) is 6.95. The predicted octanol–water partition coefficient (Wildman–Crippen LogP) is 2.05. The van der Waals surface area contributed by atoms with Crippen molar-refractivity contribution in [3.63, 3.8) is 0 Å². The van der Waals surface area contributed by atoms with Crippen molar-refractivity contribution < 1.29 is 21.8 Å². The third-order valence-electron chi connectivity index (χ3n) is 5.65. The van der Waals surface area contributed by atoms with E-state index in [1.807, 2.05) is 13.8 Å². The van der Waals surface area contributed by atoms with Crippen molar-refractivity contribution in [1.29, 1.82) is 0 Å². The van der Waals surface area contributed by atoms with Crippen LogP contribution in [0.5, 0.6) is 5.75 Å². The molecule has 2 aliphatic carbocycles. The quantitative estimate of drug-likeness (QED) is 0.779. The Morgan fingerprint density at radius 1 is 1.30 bits per heavy atom. The van der Waals surface area contributed by atoms with E-state index in [1.165, 1.54) is 13.0 Å². The monoisotopic (exact) mass is 340 g/mol. The van der Waals surface area contributed by atoms with E-state index in [9.17, 15) is 18.0 Å². The molecule has 1 aromatic heterocycles. The van der Waals surface area contributed by atoms with E-state index < -0.39 is 21.2 Å². The molecule has 2 unspecified atom stereocenters. The van der Waals surface area contributed by atoms with Crippen LogP contribution in [0.15, 0.2) is 21.3 Å². The molecule has 0 radical (unpaired) electrons. The van der Waals surface area contributed by atoms with Gasteiger partial charge in [0.2, 0.25) is 0 Å². The summed E-state index contributed by atoms with van der Waals surface area (Å²) in [6.07, 6.45) is 1.88. The fraction of sp³-hybridized carbons (Fsp3) is 0.625. The van der Waals surface area contributed by atoms with Crippen molar-refractivity contribution in [2.24, 2.45) is 16.7 Å². The second-order valence-electron chi connectivity index (χ2n) is 7.17. The van der Waals surface area contributed by atoms with Gasteiger partial charge in [0.25, 0.3) is 0 Å². The summed E-state index contributed by atoms with van der Waals surface area (Å²) in [5, 5.41) is 0. The molecule has 0 aromatic carbocycles. The summed E-state index contributed by atoms with van der Waals surface area (Å²) in [6.45, 7) is 5.46. The highest BCUT2D eigenvalue weighted by atomic mass is 32.2. The molecule has 3 rings (SSSR count). The van der Waals surface area contributed by atoms with E-state index in [2.05, 4.69) is 0 Å². The number of carbonyl (C=O) groups excluding carboxylic acids is 1. The van der Waals surface area contributed by atoms with E-state index in [0.29, 0.717) is 12.8 Å². The molecule has 6 nitrogen and oxygen atoms in total. The average Bonchev–Trinajstić information content (AvgIpc) is 2.70. The highest BCUT2D eigenvalue weighted by molar-refractivity contribution is 7.87. The van der Waals surface area contributed by atoms with Crippen molar-refractivity contribution in [1.82, 2.24) is 0 Å². The molecule has 0 N–H and O–H groups in total. The predicted molar refractivity (Wildman–Crippen MR) is 82.7 cm³/mol. The van der Waals surface area contributed by atoms with Crippen LogP contribution in [0.1, 0.15) is 38.9 Å². The molecular formula is C16H20O6S. The summed E-state index contributed by atoms with van der Waals surface area (Å²) in [5.41, 5.74) is -1.91. The first-order valence-electron chi connectivity index (χ1n) is 7.63. The largest absolute Gasteiger partial charge is 0.428 e. The number of carbonyl (C=O) groups is 1. The lowest BCUT2D eigenvalue weighted by Crippen LogP contribution is -2.43. The Balaban J connectivity index is 1.89. The van der Waals surface area contributed by atoms with Gasteiger partial charge in [0, 0.05) is 12.5 Å². The molecule has 0 aliphatic heterocycles. The zero-order valence-corrected chi connectivity index (χ0v) is 14.2. The highest BCUT2D eigenvalue weighted by Gasteiger charge is 2.65. The van der Waals surface area contributed by atoms with Crippen molar-refractivity contribution in [3.05, 3.63) is 28.3 Å². The van der Waals surface area contributed by atoms with E-state index in [-0.39, 0.29) is 34.4 Å². The zero-order chi connectivity index (χ0) is 17.0. The molecule has 2 bridgehead atoms. The maximum atomic E-state index is 12.5. The molecule has 2 fully saturated rings. The molecule has 2 saturated carbocycles. The maximum absolute atomic E-state index is 12.5. The lowest BCUT2D eigenvalue weighted by molar-refractivity contribution is -0.128. The molecule has 0 amide bonds. The summed E-state index contributed by atoms with van der Waals surface area (Å²) in [5.74, 6) is 0.0830. The van der Waals surface area contributed by atoms with E-state index >= 15 is 0 Å². The van der Waals surface area contributed by atoms with Crippen LogP contribution in [0, 0.1) is 23.7 Å². The Hall–Kier alpha value is -1.63. The smallest absolute Gasteiger partial charge is 0.339 e. The number of fused-ring (bicyclic) bond motifs is 2. The SMILES string of the molecule is Cc1cc(OS(=O)(=O)CC23CCC(CC2=O)C3(C)C)cc(=O)o1. The van der Waals surface area contributed by atoms with Crippen molar-refractivity contribution in [3.8, 4) is 5.75 Å². The van der Waals surface area contributed by atoms with Gasteiger partial charge in [0.1, 0.15) is 11.5 Å². The van der Waals surface area contributed by atoms with Gasteiger partial charge in [0.05, 0.1) is 17.2 Å². The second-order valence-corrected chi connectivity index (χ2v) is 8.75. The van der Waals surface area contributed by atoms with Gasteiger partial charge in [0.15, 0.2) is 5.75 Å². The summed E-state index contributed by atoms with van der Waals surface area (Å²) in [7, 11) is -4.00. The Morgan fingerprint density at radius 2 is 2.00 bits per heavy atom. The molecule has 23 heavy (non-hydrogen) atoms. The first kappa shape index (κ1) is 16.2. The molecule has 2 atom stereocenters. The number of hydrogen-bond donors (Lipinski definition) is 0. The van der Waals surface area contributed by atoms with E-state index in [0.717, 1.165) is 12.5 Å². The summed E-state index contributed by atoms with van der Waals surface area (Å²) >= 11 is 0. The Kier molecular flexibility index (Phi) is 3.48. The number of hydrogen-bond acceptors (Lipinski definition) is 6. The topological polar surface area (TPSA) is 90.7 Å². The molecule has 1 aromatic rings. The maximum Gasteiger partial charge on any atom is 0.339 e. The number of ketones is 1. The lowest BCUT2D eigenvalue weighted by atomic mass is 9.70. The summed E-state index contributed by atoms with van der Waals surface area (Å²) < 4.78 is 34.8. The van der Waals surface area contributed by atoms with Crippen LogP contribution < -0.4 is 9.81 Å². The van der Waals surface area contributed by atoms with Crippen LogP contribution in [0.2, 0.25) is 0 Å². The molecular weight excluding hydrogens is 320 g/mol.